The second-order valence-corrected chi connectivity index (χ2v) is 6.26. The van der Waals surface area contributed by atoms with Crippen molar-refractivity contribution in [2.75, 3.05) is 26.7 Å². The van der Waals surface area contributed by atoms with Gasteiger partial charge in [0.05, 0.1) is 0 Å². The van der Waals surface area contributed by atoms with Gasteiger partial charge >= 0.3 is 0 Å². The van der Waals surface area contributed by atoms with Crippen LogP contribution in [0.1, 0.15) is 43.4 Å². The SMILES string of the molecule is CCN1CCCC1CN(C)C1CCc2c(O)cccc21. The van der Waals surface area contributed by atoms with Gasteiger partial charge in [-0.15, -0.1) is 0 Å². The molecule has 2 unspecified atom stereocenters. The lowest BCUT2D eigenvalue weighted by molar-refractivity contribution is 0.163. The van der Waals surface area contributed by atoms with Crippen molar-refractivity contribution in [1.82, 2.24) is 9.80 Å². The molecule has 0 radical (unpaired) electrons. The van der Waals surface area contributed by atoms with Crippen LogP contribution in [0.4, 0.5) is 0 Å². The molecule has 1 N–H and O–H groups in total. The molecule has 2 atom stereocenters. The molecule has 0 amide bonds. The normalized spacial score (nSPS) is 26.4. The van der Waals surface area contributed by atoms with Gasteiger partial charge in [-0.25, -0.2) is 0 Å². The lowest BCUT2D eigenvalue weighted by Crippen LogP contribution is -2.39. The quantitative estimate of drug-likeness (QED) is 0.914. The number of fused-ring (bicyclic) bond motifs is 1. The molecular weight excluding hydrogens is 248 g/mol. The van der Waals surface area contributed by atoms with Gasteiger partial charge in [0.1, 0.15) is 5.75 Å². The summed E-state index contributed by atoms with van der Waals surface area (Å²) in [6, 6.07) is 7.18. The van der Waals surface area contributed by atoms with Gasteiger partial charge in [0.25, 0.3) is 0 Å². The van der Waals surface area contributed by atoms with E-state index < -0.39 is 0 Å². The van der Waals surface area contributed by atoms with Gasteiger partial charge < -0.3 is 5.11 Å². The third-order valence-electron chi connectivity index (χ3n) is 5.15. The van der Waals surface area contributed by atoms with Crippen LogP contribution in [-0.4, -0.2) is 47.6 Å². The third kappa shape index (κ3) is 2.45. The number of benzene rings is 1. The van der Waals surface area contributed by atoms with Gasteiger partial charge in [-0.05, 0) is 63.0 Å². The standard InChI is InChI=1S/C17H26N2O/c1-3-19-11-5-6-13(19)12-18(2)16-10-9-15-14(16)7-4-8-17(15)20/h4,7-8,13,16,20H,3,5-6,9-12H2,1-2H3. The number of aromatic hydroxyl groups is 1. The lowest BCUT2D eigenvalue weighted by atomic mass is 10.1. The van der Waals surface area contributed by atoms with Gasteiger partial charge in [-0.3, -0.25) is 9.80 Å². The molecule has 3 heteroatoms. The number of likely N-dealkylation sites (tertiary alicyclic amines) is 1. The fraction of sp³-hybridized carbons (Fsp3) is 0.647. The van der Waals surface area contributed by atoms with E-state index >= 15 is 0 Å². The van der Waals surface area contributed by atoms with Crippen molar-refractivity contribution < 1.29 is 5.11 Å². The van der Waals surface area contributed by atoms with Crippen LogP contribution >= 0.6 is 0 Å². The Labute approximate surface area is 122 Å². The molecule has 2 aliphatic rings. The number of nitrogens with zero attached hydrogens (tertiary/aromatic N) is 2. The van der Waals surface area contributed by atoms with Crippen molar-refractivity contribution in [3.63, 3.8) is 0 Å². The van der Waals surface area contributed by atoms with Crippen molar-refractivity contribution in [1.29, 1.82) is 0 Å². The molecule has 1 aromatic rings. The Hall–Kier alpha value is -1.06. The summed E-state index contributed by atoms with van der Waals surface area (Å²) in [4.78, 5) is 5.11. The van der Waals surface area contributed by atoms with Crippen molar-refractivity contribution >= 4 is 0 Å². The first kappa shape index (κ1) is 13.9. The largest absolute Gasteiger partial charge is 0.508 e. The van der Waals surface area contributed by atoms with Crippen LogP contribution < -0.4 is 0 Å². The topological polar surface area (TPSA) is 26.7 Å². The molecule has 20 heavy (non-hydrogen) atoms. The Morgan fingerprint density at radius 1 is 1.35 bits per heavy atom. The van der Waals surface area contributed by atoms with Crippen LogP contribution in [0.15, 0.2) is 18.2 Å². The van der Waals surface area contributed by atoms with Crippen molar-refractivity contribution in [2.24, 2.45) is 0 Å². The Balaban J connectivity index is 1.70. The van der Waals surface area contributed by atoms with Crippen molar-refractivity contribution in [3.8, 4) is 5.75 Å². The maximum absolute atomic E-state index is 9.97. The second kappa shape index (κ2) is 5.74. The molecule has 110 valence electrons. The van der Waals surface area contributed by atoms with Gasteiger partial charge in [-0.1, -0.05) is 19.1 Å². The van der Waals surface area contributed by atoms with Crippen LogP contribution in [0, 0.1) is 0 Å². The van der Waals surface area contributed by atoms with E-state index in [1.165, 1.54) is 37.1 Å². The summed E-state index contributed by atoms with van der Waals surface area (Å²) < 4.78 is 0. The highest BCUT2D eigenvalue weighted by atomic mass is 16.3. The van der Waals surface area contributed by atoms with E-state index in [-0.39, 0.29) is 0 Å². The average molecular weight is 274 g/mol. The average Bonchev–Trinajstić information content (AvgIpc) is 3.05. The number of hydrogen-bond donors (Lipinski definition) is 1. The Kier molecular flexibility index (Phi) is 3.99. The molecular formula is C17H26N2O. The van der Waals surface area contributed by atoms with E-state index in [9.17, 15) is 5.11 Å². The molecule has 1 fully saturated rings. The number of phenolic OH excluding ortho intramolecular Hbond substituents is 1. The first-order chi connectivity index (χ1) is 9.70. The first-order valence-electron chi connectivity index (χ1n) is 7.95. The lowest BCUT2D eigenvalue weighted by Gasteiger charge is -2.31. The monoisotopic (exact) mass is 274 g/mol. The van der Waals surface area contributed by atoms with Crippen LogP contribution in [0.5, 0.6) is 5.75 Å². The summed E-state index contributed by atoms with van der Waals surface area (Å²) in [5.41, 5.74) is 2.51. The van der Waals surface area contributed by atoms with Gasteiger partial charge in [0.2, 0.25) is 0 Å². The molecule has 1 aliphatic heterocycles. The van der Waals surface area contributed by atoms with E-state index in [2.05, 4.69) is 29.8 Å². The van der Waals surface area contributed by atoms with E-state index in [1.807, 2.05) is 12.1 Å². The molecule has 1 saturated heterocycles. The highest BCUT2D eigenvalue weighted by molar-refractivity contribution is 5.44. The van der Waals surface area contributed by atoms with E-state index in [4.69, 9.17) is 0 Å². The summed E-state index contributed by atoms with van der Waals surface area (Å²) >= 11 is 0. The molecule has 0 bridgehead atoms. The van der Waals surface area contributed by atoms with Crippen LogP contribution in [0.2, 0.25) is 0 Å². The summed E-state index contributed by atoms with van der Waals surface area (Å²) in [5.74, 6) is 0.481. The summed E-state index contributed by atoms with van der Waals surface area (Å²) in [7, 11) is 2.25. The number of hydrogen-bond acceptors (Lipinski definition) is 3. The first-order valence-corrected chi connectivity index (χ1v) is 7.95. The third-order valence-corrected chi connectivity index (χ3v) is 5.15. The number of likely N-dealkylation sites (N-methyl/N-ethyl adjacent to an activating group) is 2. The zero-order chi connectivity index (χ0) is 14.1. The summed E-state index contributed by atoms with van der Waals surface area (Å²) in [6.07, 6.45) is 4.83. The second-order valence-electron chi connectivity index (χ2n) is 6.26. The Morgan fingerprint density at radius 3 is 3.00 bits per heavy atom. The van der Waals surface area contributed by atoms with E-state index in [1.54, 1.807) is 0 Å². The molecule has 0 aromatic heterocycles. The van der Waals surface area contributed by atoms with Crippen LogP contribution in [0.25, 0.3) is 0 Å². The molecule has 3 nitrogen and oxygen atoms in total. The van der Waals surface area contributed by atoms with Crippen LogP contribution in [-0.2, 0) is 6.42 Å². The van der Waals surface area contributed by atoms with E-state index in [0.717, 1.165) is 19.4 Å². The summed E-state index contributed by atoms with van der Waals surface area (Å²) in [5, 5.41) is 9.97. The zero-order valence-corrected chi connectivity index (χ0v) is 12.7. The van der Waals surface area contributed by atoms with E-state index in [0.29, 0.717) is 17.8 Å². The number of rotatable bonds is 4. The molecule has 1 heterocycles. The molecule has 3 rings (SSSR count). The minimum Gasteiger partial charge on any atom is -0.508 e. The smallest absolute Gasteiger partial charge is 0.119 e. The maximum atomic E-state index is 9.97. The fourth-order valence-corrected chi connectivity index (χ4v) is 4.05. The molecule has 0 spiro atoms. The molecule has 0 saturated carbocycles. The minimum atomic E-state index is 0.481. The molecule has 1 aromatic carbocycles. The number of phenols is 1. The summed E-state index contributed by atoms with van der Waals surface area (Å²) in [6.45, 7) is 5.84. The highest BCUT2D eigenvalue weighted by Gasteiger charge is 2.31. The fourth-order valence-electron chi connectivity index (χ4n) is 4.05. The zero-order valence-electron chi connectivity index (χ0n) is 12.7. The Bertz CT molecular complexity index is 474. The predicted octanol–water partition coefficient (Wildman–Crippen LogP) is 2.80. The van der Waals surface area contributed by atoms with Crippen LogP contribution in [0.3, 0.4) is 0 Å². The predicted molar refractivity (Wildman–Crippen MR) is 82.1 cm³/mol. The van der Waals surface area contributed by atoms with Crippen molar-refractivity contribution in [2.45, 2.75) is 44.7 Å². The molecule has 1 aliphatic carbocycles. The maximum Gasteiger partial charge on any atom is 0.119 e. The van der Waals surface area contributed by atoms with Gasteiger partial charge in [0, 0.05) is 18.6 Å². The van der Waals surface area contributed by atoms with Gasteiger partial charge in [-0.2, -0.15) is 0 Å². The van der Waals surface area contributed by atoms with Gasteiger partial charge in [0.15, 0.2) is 0 Å². The van der Waals surface area contributed by atoms with Crippen molar-refractivity contribution in [3.05, 3.63) is 29.3 Å². The highest BCUT2D eigenvalue weighted by Crippen LogP contribution is 2.39. The Morgan fingerprint density at radius 2 is 2.20 bits per heavy atom. The minimum absolute atomic E-state index is 0.481.